The Morgan fingerprint density at radius 2 is 2.10 bits per heavy atom. The van der Waals surface area contributed by atoms with Crippen LogP contribution in [-0.4, -0.2) is 5.78 Å². The number of halogens is 1. The van der Waals surface area contributed by atoms with E-state index in [1.54, 1.807) is 17.8 Å². The molecule has 2 aromatic rings. The van der Waals surface area contributed by atoms with Crippen molar-refractivity contribution in [1.29, 1.82) is 5.26 Å². The molecule has 104 valence electrons. The average Bonchev–Trinajstić information content (AvgIpc) is 2.47. The molecular formula is C15H9ClN2OS2. The minimum Gasteiger partial charge on any atom is -0.294 e. The second-order valence-electron chi connectivity index (χ2n) is 4.42. The molecule has 0 N–H and O–H groups in total. The quantitative estimate of drug-likeness (QED) is 0.326. The summed E-state index contributed by atoms with van der Waals surface area (Å²) < 4.78 is 1.53. The highest BCUT2D eigenvalue weighted by molar-refractivity contribution is 8.03. The van der Waals surface area contributed by atoms with Crippen LogP contribution < -0.4 is 4.42 Å². The second-order valence-corrected chi connectivity index (χ2v) is 6.70. The second kappa shape index (κ2) is 5.64. The number of hydrogen-bond donors (Lipinski definition) is 0. The van der Waals surface area contributed by atoms with Crippen LogP contribution in [0.2, 0.25) is 0 Å². The normalized spacial score (nSPS) is 12.3. The fourth-order valence-corrected chi connectivity index (χ4v) is 4.28. The summed E-state index contributed by atoms with van der Waals surface area (Å²) in [5.41, 5.74) is 2.08. The van der Waals surface area contributed by atoms with E-state index in [2.05, 4.69) is 0 Å². The molecule has 2 aromatic carbocycles. The number of anilines is 2. The van der Waals surface area contributed by atoms with Crippen LogP contribution in [0.3, 0.4) is 0 Å². The Morgan fingerprint density at radius 3 is 2.81 bits per heavy atom. The maximum Gasteiger partial charge on any atom is 0.162 e. The average molecular weight is 333 g/mol. The predicted octanol–water partition coefficient (Wildman–Crippen LogP) is 5.22. The van der Waals surface area contributed by atoms with Gasteiger partial charge in [-0.05, 0) is 43.0 Å². The van der Waals surface area contributed by atoms with Crippen LogP contribution >= 0.6 is 35.3 Å². The Labute approximate surface area is 136 Å². The molecule has 0 aromatic heterocycles. The number of thiocyanates is 1. The van der Waals surface area contributed by atoms with Gasteiger partial charge in [-0.1, -0.05) is 23.9 Å². The summed E-state index contributed by atoms with van der Waals surface area (Å²) in [6.07, 6.45) is 0. The standard InChI is InChI=1S/C15H9ClN2OS2/c1-9(19)11-6-10(20-8-17)7-14-15(11)18(16)12-4-2-3-5-13(12)21-14/h2-7H,1H3. The van der Waals surface area contributed by atoms with Gasteiger partial charge < -0.3 is 0 Å². The van der Waals surface area contributed by atoms with Crippen molar-refractivity contribution in [3.05, 3.63) is 42.0 Å². The molecule has 0 saturated heterocycles. The molecule has 0 bridgehead atoms. The minimum atomic E-state index is -0.0720. The van der Waals surface area contributed by atoms with Crippen molar-refractivity contribution >= 4 is 52.5 Å². The summed E-state index contributed by atoms with van der Waals surface area (Å²) in [7, 11) is 0. The van der Waals surface area contributed by atoms with E-state index in [1.807, 2.05) is 35.7 Å². The molecule has 3 rings (SSSR count). The maximum absolute atomic E-state index is 11.9. The molecule has 0 unspecified atom stereocenters. The molecule has 6 heteroatoms. The Hall–Kier alpha value is -1.61. The van der Waals surface area contributed by atoms with Gasteiger partial charge in [-0.3, -0.25) is 9.21 Å². The number of rotatable bonds is 2. The molecule has 0 spiro atoms. The van der Waals surface area contributed by atoms with Crippen molar-refractivity contribution in [3.63, 3.8) is 0 Å². The minimum absolute atomic E-state index is 0.0720. The summed E-state index contributed by atoms with van der Waals surface area (Å²) >= 11 is 9.05. The third kappa shape index (κ3) is 2.51. The topological polar surface area (TPSA) is 44.1 Å². The molecule has 0 saturated carbocycles. The molecule has 1 aliphatic heterocycles. The lowest BCUT2D eigenvalue weighted by atomic mass is 10.1. The van der Waals surface area contributed by atoms with Gasteiger partial charge in [0, 0.05) is 32.0 Å². The van der Waals surface area contributed by atoms with E-state index in [4.69, 9.17) is 17.0 Å². The molecule has 3 nitrogen and oxygen atoms in total. The van der Waals surface area contributed by atoms with Crippen molar-refractivity contribution in [3.8, 4) is 5.40 Å². The van der Waals surface area contributed by atoms with Crippen molar-refractivity contribution in [1.82, 2.24) is 0 Å². The molecule has 1 heterocycles. The van der Waals surface area contributed by atoms with E-state index >= 15 is 0 Å². The number of nitrogens with zero attached hydrogens (tertiary/aromatic N) is 2. The number of para-hydroxylation sites is 1. The first-order valence-corrected chi connectivity index (χ1v) is 8.06. The van der Waals surface area contributed by atoms with Gasteiger partial charge >= 0.3 is 0 Å². The summed E-state index contributed by atoms with van der Waals surface area (Å²) in [4.78, 5) is 14.6. The molecule has 0 amide bonds. The third-order valence-corrected chi connectivity index (χ3v) is 5.09. The number of benzene rings is 2. The highest BCUT2D eigenvalue weighted by atomic mass is 35.5. The number of thioether (sulfide) groups is 1. The number of nitriles is 1. The molecule has 0 aliphatic carbocycles. The lowest BCUT2D eigenvalue weighted by molar-refractivity contribution is 0.101. The molecule has 21 heavy (non-hydrogen) atoms. The number of carbonyl (C=O) groups excluding carboxylic acids is 1. The van der Waals surface area contributed by atoms with Gasteiger partial charge in [0.15, 0.2) is 5.78 Å². The molecular weight excluding hydrogens is 324 g/mol. The summed E-state index contributed by atoms with van der Waals surface area (Å²) in [5.74, 6) is -0.0720. The van der Waals surface area contributed by atoms with E-state index in [0.717, 1.165) is 32.1 Å². The zero-order chi connectivity index (χ0) is 15.0. The predicted molar refractivity (Wildman–Crippen MR) is 86.5 cm³/mol. The first-order chi connectivity index (χ1) is 10.1. The van der Waals surface area contributed by atoms with E-state index < -0.39 is 0 Å². The van der Waals surface area contributed by atoms with Gasteiger partial charge in [0.25, 0.3) is 0 Å². The van der Waals surface area contributed by atoms with E-state index in [1.165, 1.54) is 11.3 Å². The largest absolute Gasteiger partial charge is 0.294 e. The smallest absolute Gasteiger partial charge is 0.162 e. The van der Waals surface area contributed by atoms with Gasteiger partial charge in [0.05, 0.1) is 11.4 Å². The van der Waals surface area contributed by atoms with Crippen LogP contribution in [0.15, 0.2) is 51.1 Å². The SMILES string of the molecule is CC(=O)c1cc(SC#N)cc2c1N(Cl)c1ccccc1S2. The van der Waals surface area contributed by atoms with Gasteiger partial charge in [0.1, 0.15) is 5.40 Å². The molecule has 1 aliphatic rings. The summed E-state index contributed by atoms with van der Waals surface area (Å²) in [6, 6.07) is 11.4. The number of ketones is 1. The lowest BCUT2D eigenvalue weighted by Gasteiger charge is -2.28. The lowest BCUT2D eigenvalue weighted by Crippen LogP contribution is -2.13. The van der Waals surface area contributed by atoms with Crippen molar-refractivity contribution in [2.24, 2.45) is 0 Å². The van der Waals surface area contributed by atoms with Crippen LogP contribution in [0.25, 0.3) is 0 Å². The maximum atomic E-state index is 11.9. The van der Waals surface area contributed by atoms with Gasteiger partial charge in [0.2, 0.25) is 0 Å². The number of carbonyl (C=O) groups is 1. The van der Waals surface area contributed by atoms with Crippen LogP contribution in [0.1, 0.15) is 17.3 Å². The van der Waals surface area contributed by atoms with Crippen LogP contribution in [0, 0.1) is 10.7 Å². The number of fused-ring (bicyclic) bond motifs is 2. The third-order valence-electron chi connectivity index (χ3n) is 3.08. The van der Waals surface area contributed by atoms with E-state index in [0.29, 0.717) is 11.3 Å². The van der Waals surface area contributed by atoms with Gasteiger partial charge in [-0.15, -0.1) is 0 Å². The first-order valence-electron chi connectivity index (χ1n) is 6.09. The van der Waals surface area contributed by atoms with E-state index in [9.17, 15) is 4.79 Å². The number of Topliss-reactive ketones (excluding diaryl/α,β-unsaturated/α-hetero) is 1. The van der Waals surface area contributed by atoms with Crippen molar-refractivity contribution in [2.45, 2.75) is 21.6 Å². The molecule has 0 radical (unpaired) electrons. The first kappa shape index (κ1) is 14.3. The molecule has 0 atom stereocenters. The van der Waals surface area contributed by atoms with Gasteiger partial charge in [-0.2, -0.15) is 5.26 Å². The Balaban J connectivity index is 2.22. The zero-order valence-corrected chi connectivity index (χ0v) is 13.4. The van der Waals surface area contributed by atoms with Crippen molar-refractivity contribution in [2.75, 3.05) is 4.42 Å². The molecule has 0 fully saturated rings. The Bertz CT molecular complexity index is 786. The zero-order valence-electron chi connectivity index (χ0n) is 11.0. The highest BCUT2D eigenvalue weighted by Crippen LogP contribution is 2.51. The Morgan fingerprint density at radius 1 is 1.33 bits per heavy atom. The monoisotopic (exact) mass is 332 g/mol. The fourth-order valence-electron chi connectivity index (χ4n) is 2.19. The van der Waals surface area contributed by atoms with Gasteiger partial charge in [-0.25, -0.2) is 0 Å². The summed E-state index contributed by atoms with van der Waals surface area (Å²) in [6.45, 7) is 1.51. The number of hydrogen-bond acceptors (Lipinski definition) is 5. The van der Waals surface area contributed by atoms with Crippen LogP contribution in [-0.2, 0) is 0 Å². The summed E-state index contributed by atoms with van der Waals surface area (Å²) in [5, 5.41) is 10.9. The van der Waals surface area contributed by atoms with Crippen LogP contribution in [0.4, 0.5) is 11.4 Å². The fraction of sp³-hybridized carbons (Fsp3) is 0.0667. The Kier molecular flexibility index (Phi) is 3.85. The highest BCUT2D eigenvalue weighted by Gasteiger charge is 2.27. The van der Waals surface area contributed by atoms with Crippen molar-refractivity contribution < 1.29 is 4.79 Å². The van der Waals surface area contributed by atoms with E-state index in [-0.39, 0.29) is 5.78 Å². The van der Waals surface area contributed by atoms with Crippen LogP contribution in [0.5, 0.6) is 0 Å².